The topological polar surface area (TPSA) is 130 Å². The third-order valence-electron chi connectivity index (χ3n) is 6.79. The van der Waals surface area contributed by atoms with Crippen LogP contribution in [0.4, 0.5) is 9.80 Å². The summed E-state index contributed by atoms with van der Waals surface area (Å²) in [6, 6.07) is 8.37. The second kappa shape index (κ2) is 14.8. The Hall–Kier alpha value is -3.51. The van der Waals surface area contributed by atoms with Gasteiger partial charge in [-0.25, -0.2) is 14.6 Å². The first kappa shape index (κ1) is 29.5. The minimum atomic E-state index is -1.23. The van der Waals surface area contributed by atoms with Gasteiger partial charge in [0.1, 0.15) is 16.1 Å². The number of carbonyl (C=O) groups is 4. The minimum Gasteiger partial charge on any atom is -0.466 e. The van der Waals surface area contributed by atoms with E-state index in [0.29, 0.717) is 37.8 Å². The zero-order valence-electron chi connectivity index (χ0n) is 22.9. The Kier molecular flexibility index (Phi) is 10.9. The molecule has 2 aliphatic heterocycles. The number of unbranched alkanes of at least 4 members (excludes halogenated alkanes) is 1. The lowest BCUT2D eigenvalue weighted by molar-refractivity contribution is -0.144. The molecule has 0 saturated carbocycles. The van der Waals surface area contributed by atoms with Crippen molar-refractivity contribution in [3.63, 3.8) is 0 Å². The van der Waals surface area contributed by atoms with E-state index in [4.69, 9.17) is 9.47 Å². The van der Waals surface area contributed by atoms with Gasteiger partial charge in [0.2, 0.25) is 0 Å². The average molecular weight is 572 g/mol. The Labute approximate surface area is 238 Å². The largest absolute Gasteiger partial charge is 0.466 e. The molecule has 3 heterocycles. The maximum atomic E-state index is 13.6. The zero-order chi connectivity index (χ0) is 28.3. The summed E-state index contributed by atoms with van der Waals surface area (Å²) in [7, 11) is 0. The van der Waals surface area contributed by atoms with E-state index in [2.05, 4.69) is 20.5 Å². The monoisotopic (exact) mass is 571 g/mol. The van der Waals surface area contributed by atoms with Crippen LogP contribution < -0.4 is 15.5 Å². The van der Waals surface area contributed by atoms with Gasteiger partial charge in [-0.15, -0.1) is 0 Å². The van der Waals surface area contributed by atoms with Crippen molar-refractivity contribution in [1.29, 1.82) is 0 Å². The van der Waals surface area contributed by atoms with Gasteiger partial charge in [0.15, 0.2) is 5.69 Å². The van der Waals surface area contributed by atoms with E-state index in [1.807, 2.05) is 37.3 Å². The highest BCUT2D eigenvalue weighted by molar-refractivity contribution is 7.19. The quantitative estimate of drug-likeness (QED) is 0.237. The molecule has 2 fully saturated rings. The number of aromatic nitrogens is 1. The number of hydrogen-bond donors (Lipinski definition) is 2. The van der Waals surface area contributed by atoms with Crippen LogP contribution >= 0.6 is 11.3 Å². The van der Waals surface area contributed by atoms with Crippen molar-refractivity contribution in [1.82, 2.24) is 20.5 Å². The minimum absolute atomic E-state index is 0.0703. The number of anilines is 1. The lowest BCUT2D eigenvalue weighted by Crippen LogP contribution is -2.49. The zero-order valence-corrected chi connectivity index (χ0v) is 23.7. The Morgan fingerprint density at radius 2 is 1.80 bits per heavy atom. The molecule has 1 aromatic carbocycles. The molecule has 2 saturated heterocycles. The van der Waals surface area contributed by atoms with Crippen molar-refractivity contribution < 1.29 is 28.7 Å². The molecule has 12 heteroatoms. The SMILES string of the molecule is CCCCOC(=O)CCC(NC(=O)c1nc(-c2ccccc2)sc1N1CCCC1)C(=O)OC(=O)N1CCNCC1. The summed E-state index contributed by atoms with van der Waals surface area (Å²) in [5.41, 5.74) is 1.10. The first-order valence-electron chi connectivity index (χ1n) is 13.9. The molecular weight excluding hydrogens is 534 g/mol. The van der Waals surface area contributed by atoms with Crippen LogP contribution in [0.25, 0.3) is 10.6 Å². The maximum Gasteiger partial charge on any atom is 0.417 e. The fraction of sp³-hybridized carbons (Fsp3) is 0.536. The van der Waals surface area contributed by atoms with Crippen LogP contribution in [0, 0.1) is 0 Å². The molecule has 4 rings (SSSR count). The van der Waals surface area contributed by atoms with Crippen molar-refractivity contribution in [2.75, 3.05) is 50.8 Å². The summed E-state index contributed by atoms with van der Waals surface area (Å²) in [5, 5.41) is 7.27. The summed E-state index contributed by atoms with van der Waals surface area (Å²) in [4.78, 5) is 59.8. The number of carbonyl (C=O) groups excluding carboxylic acids is 4. The summed E-state index contributed by atoms with van der Waals surface area (Å²) >= 11 is 1.43. The highest BCUT2D eigenvalue weighted by atomic mass is 32.1. The molecule has 0 aliphatic carbocycles. The van der Waals surface area contributed by atoms with Gasteiger partial charge in [-0.1, -0.05) is 55.0 Å². The van der Waals surface area contributed by atoms with Crippen LogP contribution in [0.2, 0.25) is 0 Å². The van der Waals surface area contributed by atoms with Gasteiger partial charge in [-0.2, -0.15) is 0 Å². The molecule has 2 aromatic rings. The fourth-order valence-electron chi connectivity index (χ4n) is 4.51. The lowest BCUT2D eigenvalue weighted by atomic mass is 10.1. The number of hydrogen-bond acceptors (Lipinski definition) is 10. The second-order valence-corrected chi connectivity index (χ2v) is 10.8. The summed E-state index contributed by atoms with van der Waals surface area (Å²) in [5.74, 6) is -1.96. The smallest absolute Gasteiger partial charge is 0.417 e. The van der Waals surface area contributed by atoms with Gasteiger partial charge in [0.05, 0.1) is 6.61 Å². The van der Waals surface area contributed by atoms with Crippen molar-refractivity contribution in [3.05, 3.63) is 36.0 Å². The van der Waals surface area contributed by atoms with E-state index >= 15 is 0 Å². The molecule has 216 valence electrons. The third-order valence-corrected chi connectivity index (χ3v) is 7.95. The molecule has 11 nitrogen and oxygen atoms in total. The lowest BCUT2D eigenvalue weighted by Gasteiger charge is -2.27. The summed E-state index contributed by atoms with van der Waals surface area (Å²) < 4.78 is 10.4. The van der Waals surface area contributed by atoms with Crippen LogP contribution in [-0.4, -0.2) is 85.7 Å². The van der Waals surface area contributed by atoms with E-state index in [0.717, 1.165) is 49.3 Å². The third kappa shape index (κ3) is 8.01. The Bertz CT molecular complexity index is 1160. The molecule has 1 atom stereocenters. The predicted octanol–water partition coefficient (Wildman–Crippen LogP) is 3.20. The number of amides is 2. The van der Waals surface area contributed by atoms with Gasteiger partial charge in [-0.3, -0.25) is 9.59 Å². The summed E-state index contributed by atoms with van der Waals surface area (Å²) in [6.07, 6.45) is 2.69. The van der Waals surface area contributed by atoms with Crippen molar-refractivity contribution in [2.24, 2.45) is 0 Å². The molecule has 0 spiro atoms. The van der Waals surface area contributed by atoms with Gasteiger partial charge in [-0.05, 0) is 25.7 Å². The number of rotatable bonds is 11. The van der Waals surface area contributed by atoms with Crippen molar-refractivity contribution >= 4 is 40.3 Å². The van der Waals surface area contributed by atoms with Gasteiger partial charge in [0.25, 0.3) is 5.91 Å². The van der Waals surface area contributed by atoms with E-state index in [1.54, 1.807) is 0 Å². The second-order valence-electron chi connectivity index (χ2n) is 9.80. The fourth-order valence-corrected chi connectivity index (χ4v) is 5.63. The first-order chi connectivity index (χ1) is 19.5. The van der Waals surface area contributed by atoms with Crippen molar-refractivity contribution in [3.8, 4) is 10.6 Å². The number of esters is 2. The van der Waals surface area contributed by atoms with E-state index in [-0.39, 0.29) is 18.5 Å². The van der Waals surface area contributed by atoms with Crippen LogP contribution in [0.5, 0.6) is 0 Å². The molecule has 0 radical (unpaired) electrons. The van der Waals surface area contributed by atoms with E-state index in [9.17, 15) is 19.2 Å². The predicted molar refractivity (Wildman–Crippen MR) is 151 cm³/mol. The molecular formula is C28H37N5O6S. The molecule has 2 amide bonds. The van der Waals surface area contributed by atoms with E-state index in [1.165, 1.54) is 16.2 Å². The average Bonchev–Trinajstić information content (AvgIpc) is 3.67. The maximum absolute atomic E-state index is 13.6. The number of piperazine rings is 1. The number of nitrogens with zero attached hydrogens (tertiary/aromatic N) is 3. The number of thiazole rings is 1. The van der Waals surface area contributed by atoms with Gasteiger partial charge in [0, 0.05) is 51.3 Å². The standard InChI is InChI=1S/C28H37N5O6S/c1-2-3-19-38-22(34)12-11-21(27(36)39-28(37)33-17-13-29-14-18-33)30-24(35)23-26(32-15-7-8-16-32)40-25(31-23)20-9-5-4-6-10-20/h4-6,9-10,21,29H,2-3,7-8,11-19H2,1H3,(H,30,35). The van der Waals surface area contributed by atoms with Gasteiger partial charge >= 0.3 is 18.0 Å². The van der Waals surface area contributed by atoms with Crippen LogP contribution in [0.1, 0.15) is 55.9 Å². The van der Waals surface area contributed by atoms with E-state index < -0.39 is 30.0 Å². The molecule has 0 bridgehead atoms. The van der Waals surface area contributed by atoms with Crippen LogP contribution in [0.3, 0.4) is 0 Å². The molecule has 1 unspecified atom stereocenters. The van der Waals surface area contributed by atoms with Crippen LogP contribution in [0.15, 0.2) is 30.3 Å². The Morgan fingerprint density at radius 3 is 2.50 bits per heavy atom. The molecule has 2 N–H and O–H groups in total. The first-order valence-corrected chi connectivity index (χ1v) is 14.8. The molecule has 1 aromatic heterocycles. The summed E-state index contributed by atoms with van der Waals surface area (Å²) in [6.45, 7) is 5.91. The highest BCUT2D eigenvalue weighted by Crippen LogP contribution is 2.36. The Morgan fingerprint density at radius 1 is 1.07 bits per heavy atom. The number of nitrogens with one attached hydrogen (secondary N) is 2. The number of benzene rings is 1. The molecule has 40 heavy (non-hydrogen) atoms. The van der Waals surface area contributed by atoms with Crippen molar-refractivity contribution in [2.45, 2.75) is 51.5 Å². The molecule has 2 aliphatic rings. The number of ether oxygens (including phenoxy) is 2. The highest BCUT2D eigenvalue weighted by Gasteiger charge is 2.32. The van der Waals surface area contributed by atoms with Crippen LogP contribution in [-0.2, 0) is 19.1 Å². The normalized spacial score (nSPS) is 15.9. The van der Waals surface area contributed by atoms with Gasteiger partial charge < -0.3 is 29.9 Å². The Balaban J connectivity index is 1.51.